The second kappa shape index (κ2) is 6.75. The highest BCUT2D eigenvalue weighted by Gasteiger charge is 2.15. The molecule has 2 rings (SSSR count). The first-order chi connectivity index (χ1) is 10.4. The Balaban J connectivity index is 2.17. The highest BCUT2D eigenvalue weighted by molar-refractivity contribution is 6.88. The van der Waals surface area contributed by atoms with Gasteiger partial charge in [-0.05, 0) is 23.3 Å². The van der Waals surface area contributed by atoms with Crippen LogP contribution in [0.5, 0.6) is 0 Å². The molecule has 2 nitrogen and oxygen atoms in total. The van der Waals surface area contributed by atoms with Crippen LogP contribution in [0.4, 0.5) is 0 Å². The van der Waals surface area contributed by atoms with Crippen molar-refractivity contribution in [1.29, 1.82) is 0 Å². The number of carbonyl (C=O) groups excluding carboxylic acids is 1. The normalized spacial score (nSPS) is 11.6. The first-order valence-electron chi connectivity index (χ1n) is 7.37. The smallest absolute Gasteiger partial charge is 0.337 e. The summed E-state index contributed by atoms with van der Waals surface area (Å²) in [4.78, 5) is 11.4. The fourth-order valence-corrected chi connectivity index (χ4v) is 3.35. The molecule has 0 fully saturated rings. The first kappa shape index (κ1) is 16.2. The molecule has 3 heteroatoms. The van der Waals surface area contributed by atoms with Crippen LogP contribution in [-0.2, 0) is 4.74 Å². The van der Waals surface area contributed by atoms with Crippen molar-refractivity contribution in [3.05, 3.63) is 65.2 Å². The lowest BCUT2D eigenvalue weighted by molar-refractivity contribution is 0.0600. The Kier molecular flexibility index (Phi) is 4.98. The van der Waals surface area contributed by atoms with Crippen LogP contribution < -0.4 is 5.19 Å². The van der Waals surface area contributed by atoms with E-state index < -0.39 is 8.07 Å². The van der Waals surface area contributed by atoms with E-state index in [1.54, 1.807) is 12.1 Å². The van der Waals surface area contributed by atoms with Crippen LogP contribution in [0.2, 0.25) is 19.6 Å². The van der Waals surface area contributed by atoms with E-state index in [4.69, 9.17) is 4.74 Å². The Labute approximate surface area is 133 Å². The average molecular weight is 310 g/mol. The SMILES string of the molecule is COC(=O)c1ccc(C=Cc2cccc([Si](C)(C)C)c2)cc1. The van der Waals surface area contributed by atoms with E-state index in [1.165, 1.54) is 17.9 Å². The Morgan fingerprint density at radius 2 is 1.59 bits per heavy atom. The fraction of sp³-hybridized carbons (Fsp3) is 0.211. The molecule has 0 aliphatic carbocycles. The Hall–Kier alpha value is -2.13. The largest absolute Gasteiger partial charge is 0.465 e. The predicted octanol–water partition coefficient (Wildman–Crippen LogP) is 4.19. The van der Waals surface area contributed by atoms with Gasteiger partial charge >= 0.3 is 5.97 Å². The molecule has 0 unspecified atom stereocenters. The van der Waals surface area contributed by atoms with Gasteiger partial charge in [-0.1, -0.05) is 73.4 Å². The minimum atomic E-state index is -1.28. The molecule has 0 spiro atoms. The molecule has 114 valence electrons. The summed E-state index contributed by atoms with van der Waals surface area (Å²) in [6.07, 6.45) is 4.17. The third-order valence-corrected chi connectivity index (χ3v) is 5.60. The summed E-state index contributed by atoms with van der Waals surface area (Å²) in [5.41, 5.74) is 2.84. The standard InChI is InChI=1S/C19H22O2Si/c1-21-19(20)17-12-10-15(11-13-17)8-9-16-6-5-7-18(14-16)22(2,3)4/h5-14H,1-4H3. The van der Waals surface area contributed by atoms with E-state index in [0.717, 1.165) is 5.56 Å². The number of esters is 1. The van der Waals surface area contributed by atoms with Crippen LogP contribution >= 0.6 is 0 Å². The van der Waals surface area contributed by atoms with Gasteiger partial charge in [0, 0.05) is 0 Å². The molecule has 2 aromatic rings. The van der Waals surface area contributed by atoms with Crippen molar-refractivity contribution in [3.63, 3.8) is 0 Å². The van der Waals surface area contributed by atoms with Crippen LogP contribution in [0.15, 0.2) is 48.5 Å². The molecule has 0 saturated carbocycles. The lowest BCUT2D eigenvalue weighted by Crippen LogP contribution is -2.37. The van der Waals surface area contributed by atoms with Gasteiger partial charge in [0.05, 0.1) is 20.7 Å². The zero-order valence-electron chi connectivity index (χ0n) is 13.6. The van der Waals surface area contributed by atoms with Crippen molar-refractivity contribution in [1.82, 2.24) is 0 Å². The van der Waals surface area contributed by atoms with E-state index in [0.29, 0.717) is 5.56 Å². The molecule has 0 radical (unpaired) electrons. The van der Waals surface area contributed by atoms with Crippen molar-refractivity contribution < 1.29 is 9.53 Å². The predicted molar refractivity (Wildman–Crippen MR) is 96.1 cm³/mol. The molecule has 0 N–H and O–H groups in total. The molecule has 0 atom stereocenters. The summed E-state index contributed by atoms with van der Waals surface area (Å²) < 4.78 is 4.70. The number of hydrogen-bond acceptors (Lipinski definition) is 2. The maximum absolute atomic E-state index is 11.4. The van der Waals surface area contributed by atoms with Crippen molar-refractivity contribution in [2.24, 2.45) is 0 Å². The van der Waals surface area contributed by atoms with Crippen LogP contribution in [0.25, 0.3) is 12.2 Å². The van der Waals surface area contributed by atoms with Crippen LogP contribution in [0.1, 0.15) is 21.5 Å². The van der Waals surface area contributed by atoms with Crippen molar-refractivity contribution >= 4 is 31.4 Å². The van der Waals surface area contributed by atoms with Crippen molar-refractivity contribution in [2.75, 3.05) is 7.11 Å². The van der Waals surface area contributed by atoms with E-state index in [9.17, 15) is 4.79 Å². The third-order valence-electron chi connectivity index (χ3n) is 3.55. The Bertz CT molecular complexity index is 679. The summed E-state index contributed by atoms with van der Waals surface area (Å²) in [6, 6.07) is 16.1. The zero-order valence-corrected chi connectivity index (χ0v) is 14.6. The molecule has 0 saturated heterocycles. The Morgan fingerprint density at radius 1 is 0.955 bits per heavy atom. The van der Waals surface area contributed by atoms with Gasteiger partial charge in [0.25, 0.3) is 0 Å². The molecule has 0 aliphatic heterocycles. The number of benzene rings is 2. The van der Waals surface area contributed by atoms with Gasteiger partial charge in [-0.15, -0.1) is 0 Å². The highest BCUT2D eigenvalue weighted by atomic mass is 28.3. The molecule has 22 heavy (non-hydrogen) atoms. The van der Waals surface area contributed by atoms with E-state index in [1.807, 2.05) is 12.1 Å². The molecule has 0 aromatic heterocycles. The monoisotopic (exact) mass is 310 g/mol. The first-order valence-corrected chi connectivity index (χ1v) is 10.9. The highest BCUT2D eigenvalue weighted by Crippen LogP contribution is 2.11. The van der Waals surface area contributed by atoms with Gasteiger partial charge in [0.1, 0.15) is 0 Å². The lowest BCUT2D eigenvalue weighted by Gasteiger charge is -2.16. The minimum absolute atomic E-state index is 0.307. The summed E-state index contributed by atoms with van der Waals surface area (Å²) >= 11 is 0. The number of hydrogen-bond donors (Lipinski definition) is 0. The van der Waals surface area contributed by atoms with E-state index in [2.05, 4.69) is 56.1 Å². The second-order valence-corrected chi connectivity index (χ2v) is 11.4. The van der Waals surface area contributed by atoms with Crippen molar-refractivity contribution in [2.45, 2.75) is 19.6 Å². The molecule has 0 heterocycles. The number of rotatable bonds is 4. The quantitative estimate of drug-likeness (QED) is 0.481. The van der Waals surface area contributed by atoms with Crippen LogP contribution in [-0.4, -0.2) is 21.2 Å². The molecule has 2 aromatic carbocycles. The zero-order chi connectivity index (χ0) is 16.2. The summed E-state index contributed by atoms with van der Waals surface area (Å²) in [6.45, 7) is 7.05. The third kappa shape index (κ3) is 4.18. The molecule has 0 bridgehead atoms. The van der Waals surface area contributed by atoms with Gasteiger partial charge in [0.15, 0.2) is 0 Å². The molecule has 0 amide bonds. The fourth-order valence-electron chi connectivity index (χ4n) is 2.15. The maximum atomic E-state index is 11.4. The average Bonchev–Trinajstić information content (AvgIpc) is 2.52. The van der Waals surface area contributed by atoms with Gasteiger partial charge in [0.2, 0.25) is 0 Å². The van der Waals surface area contributed by atoms with E-state index in [-0.39, 0.29) is 5.97 Å². The van der Waals surface area contributed by atoms with Crippen LogP contribution in [0.3, 0.4) is 0 Å². The molecule has 0 aliphatic rings. The summed E-state index contributed by atoms with van der Waals surface area (Å²) in [5.74, 6) is -0.307. The summed E-state index contributed by atoms with van der Waals surface area (Å²) in [7, 11) is 0.108. The molecular formula is C19H22O2Si. The van der Waals surface area contributed by atoms with Gasteiger partial charge in [-0.3, -0.25) is 0 Å². The summed E-state index contributed by atoms with van der Waals surface area (Å²) in [5, 5.41) is 1.45. The van der Waals surface area contributed by atoms with Crippen molar-refractivity contribution in [3.8, 4) is 0 Å². The van der Waals surface area contributed by atoms with Gasteiger partial charge < -0.3 is 4.74 Å². The second-order valence-electron chi connectivity index (χ2n) is 6.32. The number of carbonyl (C=O) groups is 1. The number of methoxy groups -OCH3 is 1. The Morgan fingerprint density at radius 3 is 2.18 bits per heavy atom. The minimum Gasteiger partial charge on any atom is -0.465 e. The van der Waals surface area contributed by atoms with Gasteiger partial charge in [-0.25, -0.2) is 4.79 Å². The topological polar surface area (TPSA) is 26.3 Å². The number of ether oxygens (including phenoxy) is 1. The lowest BCUT2D eigenvalue weighted by atomic mass is 10.1. The molecular weight excluding hydrogens is 288 g/mol. The van der Waals surface area contributed by atoms with E-state index >= 15 is 0 Å². The van der Waals surface area contributed by atoms with Crippen LogP contribution in [0, 0.1) is 0 Å². The maximum Gasteiger partial charge on any atom is 0.337 e. The van der Waals surface area contributed by atoms with Gasteiger partial charge in [-0.2, -0.15) is 0 Å².